The lowest BCUT2D eigenvalue weighted by Gasteiger charge is -2.23. The molecule has 1 aliphatic rings. The van der Waals surface area contributed by atoms with E-state index in [1.807, 2.05) is 6.07 Å². The van der Waals surface area contributed by atoms with Gasteiger partial charge in [0.2, 0.25) is 0 Å². The van der Waals surface area contributed by atoms with Crippen molar-refractivity contribution in [2.24, 2.45) is 5.92 Å². The van der Waals surface area contributed by atoms with Crippen molar-refractivity contribution in [3.63, 3.8) is 0 Å². The molecule has 3 aromatic rings. The van der Waals surface area contributed by atoms with Crippen LogP contribution in [0.4, 0.5) is 4.39 Å². The molecule has 2 aromatic heterocycles. The summed E-state index contributed by atoms with van der Waals surface area (Å²) >= 11 is 0. The fourth-order valence-corrected chi connectivity index (χ4v) is 3.63. The molecule has 2 heterocycles. The molecule has 6 heteroatoms. The van der Waals surface area contributed by atoms with Gasteiger partial charge in [0.25, 0.3) is 0 Å². The van der Waals surface area contributed by atoms with E-state index in [1.165, 1.54) is 32.1 Å². The summed E-state index contributed by atoms with van der Waals surface area (Å²) in [6.07, 6.45) is 14.7. The minimum atomic E-state index is -0.448. The summed E-state index contributed by atoms with van der Waals surface area (Å²) < 4.78 is 21.2. The van der Waals surface area contributed by atoms with Gasteiger partial charge in [-0.05, 0) is 30.0 Å². The van der Waals surface area contributed by atoms with Gasteiger partial charge in [0.1, 0.15) is 0 Å². The molecule has 0 atom stereocenters. The third-order valence-electron chi connectivity index (χ3n) is 4.99. The number of rotatable bonds is 5. The summed E-state index contributed by atoms with van der Waals surface area (Å²) in [7, 11) is 0. The molecule has 0 radical (unpaired) electrons. The molecule has 0 bridgehead atoms. The minimum Gasteiger partial charge on any atom is -0.421 e. The first kappa shape index (κ1) is 17.5. The van der Waals surface area contributed by atoms with Crippen LogP contribution in [0.5, 0.6) is 11.8 Å². The van der Waals surface area contributed by atoms with Crippen molar-refractivity contribution in [3.8, 4) is 23.0 Å². The van der Waals surface area contributed by atoms with Crippen LogP contribution >= 0.6 is 0 Å². The standard InChI is InChI=1S/C21H21FN4O/c22-19-17(18-14-23-11-12-24-18)8-7-16(13-15-5-2-1-3-6-15)20(19)27-21-25-9-4-10-26-21/h4,7-12,14-15H,1-3,5-6,13H2. The van der Waals surface area contributed by atoms with Crippen LogP contribution < -0.4 is 4.74 Å². The molecule has 1 fully saturated rings. The van der Waals surface area contributed by atoms with Crippen molar-refractivity contribution in [1.29, 1.82) is 0 Å². The molecule has 0 unspecified atom stereocenters. The average Bonchev–Trinajstić information content (AvgIpc) is 2.73. The highest BCUT2D eigenvalue weighted by atomic mass is 19.1. The van der Waals surface area contributed by atoms with Crippen LogP contribution in [0.25, 0.3) is 11.3 Å². The van der Waals surface area contributed by atoms with Crippen LogP contribution in [0.15, 0.2) is 49.2 Å². The first-order valence-corrected chi connectivity index (χ1v) is 9.34. The van der Waals surface area contributed by atoms with Crippen molar-refractivity contribution in [2.45, 2.75) is 38.5 Å². The lowest BCUT2D eigenvalue weighted by atomic mass is 9.84. The Morgan fingerprint density at radius 2 is 1.78 bits per heavy atom. The molecule has 5 nitrogen and oxygen atoms in total. The van der Waals surface area contributed by atoms with Crippen molar-refractivity contribution in [2.75, 3.05) is 0 Å². The van der Waals surface area contributed by atoms with E-state index in [4.69, 9.17) is 4.74 Å². The predicted molar refractivity (Wildman–Crippen MR) is 99.8 cm³/mol. The van der Waals surface area contributed by atoms with Crippen LogP contribution in [-0.4, -0.2) is 19.9 Å². The van der Waals surface area contributed by atoms with Gasteiger partial charge in [0.15, 0.2) is 11.6 Å². The molecule has 0 N–H and O–H groups in total. The van der Waals surface area contributed by atoms with E-state index in [1.54, 1.807) is 43.1 Å². The molecule has 1 aromatic carbocycles. The Kier molecular flexibility index (Phi) is 5.32. The Bertz CT molecular complexity index is 883. The fraction of sp³-hybridized carbons (Fsp3) is 0.333. The van der Waals surface area contributed by atoms with Crippen LogP contribution in [0.1, 0.15) is 37.7 Å². The predicted octanol–water partition coefficient (Wildman–Crippen LogP) is 4.99. The van der Waals surface area contributed by atoms with E-state index in [9.17, 15) is 0 Å². The zero-order valence-corrected chi connectivity index (χ0v) is 15.0. The van der Waals surface area contributed by atoms with Gasteiger partial charge >= 0.3 is 6.01 Å². The first-order chi connectivity index (χ1) is 13.3. The maximum absolute atomic E-state index is 15.4. The third-order valence-corrected chi connectivity index (χ3v) is 4.99. The number of nitrogens with zero attached hydrogens (tertiary/aromatic N) is 4. The summed E-state index contributed by atoms with van der Waals surface area (Å²) in [6, 6.07) is 5.52. The second-order valence-electron chi connectivity index (χ2n) is 6.85. The highest BCUT2D eigenvalue weighted by Crippen LogP contribution is 2.36. The Morgan fingerprint density at radius 1 is 0.963 bits per heavy atom. The smallest absolute Gasteiger partial charge is 0.321 e. The Balaban J connectivity index is 1.72. The maximum Gasteiger partial charge on any atom is 0.321 e. The van der Waals surface area contributed by atoms with Crippen LogP contribution in [-0.2, 0) is 6.42 Å². The molecule has 138 valence electrons. The summed E-state index contributed by atoms with van der Waals surface area (Å²) in [5, 5.41) is 0. The van der Waals surface area contributed by atoms with Gasteiger partial charge in [-0.2, -0.15) is 0 Å². The van der Waals surface area contributed by atoms with Crippen molar-refractivity contribution in [3.05, 3.63) is 60.6 Å². The first-order valence-electron chi connectivity index (χ1n) is 9.34. The molecule has 0 amide bonds. The molecule has 1 aliphatic carbocycles. The molecule has 27 heavy (non-hydrogen) atoms. The Labute approximate surface area is 157 Å². The fourth-order valence-electron chi connectivity index (χ4n) is 3.63. The van der Waals surface area contributed by atoms with Crippen molar-refractivity contribution in [1.82, 2.24) is 19.9 Å². The van der Waals surface area contributed by atoms with Gasteiger partial charge in [0, 0.05) is 30.4 Å². The molecular weight excluding hydrogens is 343 g/mol. The topological polar surface area (TPSA) is 60.8 Å². The van der Waals surface area contributed by atoms with E-state index in [0.29, 0.717) is 17.2 Å². The average molecular weight is 364 g/mol. The number of benzene rings is 1. The highest BCUT2D eigenvalue weighted by molar-refractivity contribution is 5.63. The Morgan fingerprint density at radius 3 is 2.52 bits per heavy atom. The number of hydrogen-bond donors (Lipinski definition) is 0. The number of hydrogen-bond acceptors (Lipinski definition) is 5. The molecule has 0 saturated heterocycles. The largest absolute Gasteiger partial charge is 0.421 e. The highest BCUT2D eigenvalue weighted by Gasteiger charge is 2.22. The molecular formula is C21H21FN4O. The van der Waals surface area contributed by atoms with Crippen LogP contribution in [0.3, 0.4) is 0 Å². The minimum absolute atomic E-state index is 0.137. The molecule has 0 spiro atoms. The van der Waals surface area contributed by atoms with Gasteiger partial charge < -0.3 is 4.74 Å². The SMILES string of the molecule is Fc1c(-c2cnccn2)ccc(CC2CCCCC2)c1Oc1ncccn1. The monoisotopic (exact) mass is 364 g/mol. The lowest BCUT2D eigenvalue weighted by Crippen LogP contribution is -2.11. The van der Waals surface area contributed by atoms with Crippen LogP contribution in [0, 0.1) is 11.7 Å². The van der Waals surface area contributed by atoms with Gasteiger partial charge in [-0.1, -0.05) is 38.2 Å². The van der Waals surface area contributed by atoms with Gasteiger partial charge in [-0.3, -0.25) is 9.97 Å². The quantitative estimate of drug-likeness (QED) is 0.638. The second kappa shape index (κ2) is 8.20. The third kappa shape index (κ3) is 4.10. The van der Waals surface area contributed by atoms with Crippen molar-refractivity contribution >= 4 is 0 Å². The van der Waals surface area contributed by atoms with Gasteiger partial charge in [0.05, 0.1) is 11.9 Å². The zero-order chi connectivity index (χ0) is 18.5. The van der Waals surface area contributed by atoms with Gasteiger partial charge in [-0.25, -0.2) is 14.4 Å². The van der Waals surface area contributed by atoms with Gasteiger partial charge in [-0.15, -0.1) is 0 Å². The van der Waals surface area contributed by atoms with E-state index in [-0.39, 0.29) is 11.8 Å². The zero-order valence-electron chi connectivity index (χ0n) is 15.0. The second-order valence-corrected chi connectivity index (χ2v) is 6.85. The van der Waals surface area contributed by atoms with Crippen molar-refractivity contribution < 1.29 is 9.13 Å². The number of aromatic nitrogens is 4. The van der Waals surface area contributed by atoms with E-state index in [2.05, 4.69) is 19.9 Å². The normalized spacial score (nSPS) is 14.9. The Hall–Kier alpha value is -2.89. The van der Waals surface area contributed by atoms with Crippen LogP contribution in [0.2, 0.25) is 0 Å². The maximum atomic E-state index is 15.4. The molecule has 4 rings (SSSR count). The number of ether oxygens (including phenoxy) is 1. The summed E-state index contributed by atoms with van der Waals surface area (Å²) in [5.74, 6) is 0.297. The summed E-state index contributed by atoms with van der Waals surface area (Å²) in [4.78, 5) is 16.4. The van der Waals surface area contributed by atoms with E-state index >= 15 is 4.39 Å². The summed E-state index contributed by atoms with van der Waals surface area (Å²) in [6.45, 7) is 0. The van der Waals surface area contributed by atoms with E-state index < -0.39 is 5.82 Å². The summed E-state index contributed by atoms with van der Waals surface area (Å²) in [5.41, 5.74) is 1.68. The lowest BCUT2D eigenvalue weighted by molar-refractivity contribution is 0.347. The molecule has 0 aliphatic heterocycles. The van der Waals surface area contributed by atoms with E-state index in [0.717, 1.165) is 12.0 Å². The molecule has 1 saturated carbocycles. The number of halogens is 1.